The molecule has 0 aliphatic heterocycles. The van der Waals surface area contributed by atoms with E-state index in [1.54, 1.807) is 31.2 Å². The van der Waals surface area contributed by atoms with Crippen LogP contribution in [-0.4, -0.2) is 57.8 Å². The van der Waals surface area contributed by atoms with Crippen LogP contribution >= 0.6 is 11.8 Å². The fourth-order valence-electron chi connectivity index (χ4n) is 2.63. The number of hydrogen-bond donors (Lipinski definition) is 2. The van der Waals surface area contributed by atoms with Gasteiger partial charge in [0.05, 0.1) is 6.54 Å². The van der Waals surface area contributed by atoms with Crippen LogP contribution < -0.4 is 5.32 Å². The van der Waals surface area contributed by atoms with Crippen LogP contribution in [0.1, 0.15) is 32.8 Å². The fourth-order valence-corrected chi connectivity index (χ4v) is 3.25. The van der Waals surface area contributed by atoms with Crippen molar-refractivity contribution in [1.82, 2.24) is 10.2 Å². The van der Waals surface area contributed by atoms with Crippen molar-refractivity contribution in [1.29, 1.82) is 0 Å². The Morgan fingerprint density at radius 2 is 1.82 bits per heavy atom. The summed E-state index contributed by atoms with van der Waals surface area (Å²) in [4.78, 5) is 49.0. The Kier molecular flexibility index (Phi) is 10.3. The summed E-state index contributed by atoms with van der Waals surface area (Å²) < 4.78 is 0. The Hall–Kier alpha value is -2.35. The third-order valence-corrected chi connectivity index (χ3v) is 5.09. The Labute approximate surface area is 169 Å². The highest BCUT2D eigenvalue weighted by Crippen LogP contribution is 2.12. The van der Waals surface area contributed by atoms with Crippen LogP contribution in [0.25, 0.3) is 0 Å². The Morgan fingerprint density at radius 3 is 2.36 bits per heavy atom. The quantitative estimate of drug-likeness (QED) is 0.580. The van der Waals surface area contributed by atoms with E-state index in [1.165, 1.54) is 11.8 Å². The van der Waals surface area contributed by atoms with E-state index in [2.05, 4.69) is 5.32 Å². The molecule has 0 heterocycles. The lowest BCUT2D eigenvalue weighted by atomic mass is 10.1. The normalized spacial score (nSPS) is 12.7. The molecular formula is C20H28N2O5S. The maximum Gasteiger partial charge on any atom is 0.326 e. The largest absolute Gasteiger partial charge is 0.480 e. The van der Waals surface area contributed by atoms with Crippen molar-refractivity contribution in [2.75, 3.05) is 18.8 Å². The average Bonchev–Trinajstić information content (AvgIpc) is 2.65. The number of thioether (sulfide) groups is 1. The van der Waals surface area contributed by atoms with Crippen LogP contribution in [0.15, 0.2) is 30.3 Å². The van der Waals surface area contributed by atoms with Gasteiger partial charge >= 0.3 is 5.97 Å². The molecule has 2 amide bonds. The minimum absolute atomic E-state index is 0.0651. The molecular weight excluding hydrogens is 380 g/mol. The summed E-state index contributed by atoms with van der Waals surface area (Å²) in [7, 11) is 0. The third-order valence-electron chi connectivity index (χ3n) is 4.01. The highest BCUT2D eigenvalue weighted by molar-refractivity contribution is 8.13. The average molecular weight is 409 g/mol. The van der Waals surface area contributed by atoms with Gasteiger partial charge in [0.2, 0.25) is 11.8 Å². The summed E-state index contributed by atoms with van der Waals surface area (Å²) >= 11 is 1.07. The van der Waals surface area contributed by atoms with Crippen LogP contribution in [-0.2, 0) is 25.6 Å². The highest BCUT2D eigenvalue weighted by atomic mass is 32.2. The zero-order valence-corrected chi connectivity index (χ0v) is 17.3. The van der Waals surface area contributed by atoms with Gasteiger partial charge in [-0.3, -0.25) is 14.4 Å². The molecule has 0 bridgehead atoms. The molecule has 0 saturated heterocycles. The number of carbonyl (C=O) groups excluding carboxylic acids is 3. The van der Waals surface area contributed by atoms with Crippen LogP contribution in [0.5, 0.6) is 0 Å². The molecule has 0 aromatic heterocycles. The molecule has 154 valence electrons. The molecule has 0 unspecified atom stereocenters. The Balaban J connectivity index is 2.71. The number of nitrogens with zero attached hydrogens (tertiary/aromatic N) is 1. The topological polar surface area (TPSA) is 104 Å². The van der Waals surface area contributed by atoms with Gasteiger partial charge in [0.25, 0.3) is 0 Å². The number of aliphatic carboxylic acids is 1. The van der Waals surface area contributed by atoms with E-state index < -0.39 is 23.8 Å². The van der Waals surface area contributed by atoms with Gasteiger partial charge in [-0.05, 0) is 12.0 Å². The first kappa shape index (κ1) is 23.7. The third kappa shape index (κ3) is 8.56. The number of carboxylic acid groups (broad SMARTS) is 1. The van der Waals surface area contributed by atoms with Crippen LogP contribution in [0.4, 0.5) is 0 Å². The van der Waals surface area contributed by atoms with Crippen molar-refractivity contribution in [2.45, 2.75) is 39.7 Å². The molecule has 2 atom stereocenters. The van der Waals surface area contributed by atoms with Crippen LogP contribution in [0, 0.1) is 5.92 Å². The number of nitrogens with one attached hydrogen (secondary N) is 1. The highest BCUT2D eigenvalue weighted by Gasteiger charge is 2.25. The molecule has 7 nitrogen and oxygen atoms in total. The minimum Gasteiger partial charge on any atom is -0.480 e. The number of carbonyl (C=O) groups is 4. The monoisotopic (exact) mass is 408 g/mol. The Bertz CT molecular complexity index is 680. The van der Waals surface area contributed by atoms with Crippen molar-refractivity contribution in [3.8, 4) is 0 Å². The zero-order valence-electron chi connectivity index (χ0n) is 16.5. The molecule has 0 aliphatic carbocycles. The van der Waals surface area contributed by atoms with Crippen LogP contribution in [0.3, 0.4) is 0 Å². The first-order valence-corrected chi connectivity index (χ1v) is 10.2. The Morgan fingerprint density at radius 1 is 1.18 bits per heavy atom. The van der Waals surface area contributed by atoms with E-state index in [-0.39, 0.29) is 24.0 Å². The van der Waals surface area contributed by atoms with Crippen molar-refractivity contribution in [3.05, 3.63) is 35.9 Å². The van der Waals surface area contributed by atoms with E-state index in [1.807, 2.05) is 13.0 Å². The second-order valence-electron chi connectivity index (χ2n) is 6.61. The number of hydrogen-bond acceptors (Lipinski definition) is 5. The number of benzene rings is 1. The molecule has 8 heteroatoms. The molecule has 2 N–H and O–H groups in total. The number of carboxylic acids is 1. The fraction of sp³-hybridized carbons (Fsp3) is 0.500. The van der Waals surface area contributed by atoms with E-state index in [0.717, 1.165) is 17.3 Å². The van der Waals surface area contributed by atoms with Gasteiger partial charge in [-0.1, -0.05) is 55.9 Å². The summed E-state index contributed by atoms with van der Waals surface area (Å²) in [5.74, 6) is -1.93. The van der Waals surface area contributed by atoms with Gasteiger partial charge < -0.3 is 15.3 Å². The van der Waals surface area contributed by atoms with E-state index in [4.69, 9.17) is 0 Å². The predicted octanol–water partition coefficient (Wildman–Crippen LogP) is 1.95. The van der Waals surface area contributed by atoms with E-state index >= 15 is 0 Å². The SMILES string of the molecule is CCCN(CC(=O)N[C@@H](Cc1ccccc1)C(=O)O)C(=O)[C@H](C)CSC(C)=O. The first-order chi connectivity index (χ1) is 13.2. The lowest BCUT2D eigenvalue weighted by Gasteiger charge is -2.25. The van der Waals surface area contributed by atoms with Gasteiger partial charge in [0.1, 0.15) is 6.04 Å². The molecule has 0 aliphatic rings. The summed E-state index contributed by atoms with van der Waals surface area (Å²) in [5.41, 5.74) is 0.798. The van der Waals surface area contributed by atoms with Gasteiger partial charge in [-0.15, -0.1) is 0 Å². The number of amides is 2. The van der Waals surface area contributed by atoms with Gasteiger partial charge in [-0.2, -0.15) is 0 Å². The van der Waals surface area contributed by atoms with Gasteiger partial charge in [0, 0.05) is 31.6 Å². The standard InChI is InChI=1S/C20H28N2O5S/c1-4-10-22(19(25)14(2)13-28-15(3)23)12-18(24)21-17(20(26)27)11-16-8-6-5-7-9-16/h5-9,14,17H,4,10-13H2,1-3H3,(H,21,24)(H,26,27)/t14-,17+/m1/s1. The van der Waals surface area contributed by atoms with Gasteiger partial charge in [-0.25, -0.2) is 4.79 Å². The summed E-state index contributed by atoms with van der Waals surface area (Å²) in [6.45, 7) is 5.23. The van der Waals surface area contributed by atoms with Crippen molar-refractivity contribution in [2.24, 2.45) is 5.92 Å². The summed E-state index contributed by atoms with van der Waals surface area (Å²) in [6, 6.07) is 7.96. The van der Waals surface area contributed by atoms with E-state index in [9.17, 15) is 24.3 Å². The molecule has 1 rings (SSSR count). The minimum atomic E-state index is -1.13. The molecule has 1 aromatic rings. The smallest absolute Gasteiger partial charge is 0.326 e. The summed E-state index contributed by atoms with van der Waals surface area (Å²) in [6.07, 6.45) is 0.827. The number of rotatable bonds is 11. The van der Waals surface area contributed by atoms with E-state index in [0.29, 0.717) is 18.7 Å². The van der Waals surface area contributed by atoms with Crippen molar-refractivity contribution >= 4 is 34.7 Å². The molecule has 1 aromatic carbocycles. The second-order valence-corrected chi connectivity index (χ2v) is 7.81. The molecule has 0 radical (unpaired) electrons. The summed E-state index contributed by atoms with van der Waals surface area (Å²) in [5, 5.41) is 11.9. The molecule has 0 saturated carbocycles. The molecule has 28 heavy (non-hydrogen) atoms. The maximum atomic E-state index is 12.6. The predicted molar refractivity (Wildman–Crippen MR) is 109 cm³/mol. The molecule has 0 fully saturated rings. The lowest BCUT2D eigenvalue weighted by Crippen LogP contribution is -2.49. The van der Waals surface area contributed by atoms with Crippen molar-refractivity contribution in [3.63, 3.8) is 0 Å². The maximum absolute atomic E-state index is 12.6. The van der Waals surface area contributed by atoms with Gasteiger partial charge in [0.15, 0.2) is 5.12 Å². The second kappa shape index (κ2) is 12.2. The zero-order chi connectivity index (χ0) is 21.1. The first-order valence-electron chi connectivity index (χ1n) is 9.22. The molecule has 0 spiro atoms. The lowest BCUT2D eigenvalue weighted by molar-refractivity contribution is -0.143. The van der Waals surface area contributed by atoms with Crippen LogP contribution in [0.2, 0.25) is 0 Å². The van der Waals surface area contributed by atoms with Crippen molar-refractivity contribution < 1.29 is 24.3 Å².